The van der Waals surface area contributed by atoms with Crippen LogP contribution in [0.3, 0.4) is 0 Å². The number of thiophene rings is 1. The first-order valence-electron chi connectivity index (χ1n) is 7.20. The van der Waals surface area contributed by atoms with Gasteiger partial charge in [0, 0.05) is 30.2 Å². The van der Waals surface area contributed by atoms with Crippen LogP contribution in [0.4, 0.5) is 5.69 Å². The summed E-state index contributed by atoms with van der Waals surface area (Å²) in [6.45, 7) is 0. The van der Waals surface area contributed by atoms with Crippen LogP contribution < -0.4 is 5.73 Å². The van der Waals surface area contributed by atoms with E-state index in [1.54, 1.807) is 24.3 Å². The Bertz CT molecular complexity index is 954. The van der Waals surface area contributed by atoms with E-state index in [0.717, 1.165) is 0 Å². The lowest BCUT2D eigenvalue weighted by Crippen LogP contribution is -2.05. The standard InChI is InChI=1S/C17H14Cl2N2O3S/c1-23-17(24-2)12-6-5-10-13(20)15(25-16(10)21-12)14(22)9-4-3-8(18)7-11(9)19/h3-7,17H,20H2,1-2H3. The Kier molecular flexibility index (Phi) is 5.27. The van der Waals surface area contributed by atoms with Crippen molar-refractivity contribution in [3.63, 3.8) is 0 Å². The summed E-state index contributed by atoms with van der Waals surface area (Å²) < 4.78 is 10.4. The summed E-state index contributed by atoms with van der Waals surface area (Å²) >= 11 is 13.2. The minimum absolute atomic E-state index is 0.265. The molecule has 25 heavy (non-hydrogen) atoms. The molecule has 8 heteroatoms. The fourth-order valence-corrected chi connectivity index (χ4v) is 3.99. The molecule has 0 amide bonds. The Morgan fingerprint density at radius 3 is 2.56 bits per heavy atom. The van der Waals surface area contributed by atoms with E-state index in [4.69, 9.17) is 38.4 Å². The normalized spacial score (nSPS) is 11.4. The number of benzene rings is 1. The average Bonchev–Trinajstić information content (AvgIpc) is 2.92. The maximum atomic E-state index is 12.8. The summed E-state index contributed by atoms with van der Waals surface area (Å²) in [4.78, 5) is 18.3. The van der Waals surface area contributed by atoms with E-state index in [9.17, 15) is 4.79 Å². The lowest BCUT2D eigenvalue weighted by Gasteiger charge is -2.12. The summed E-state index contributed by atoms with van der Waals surface area (Å²) in [5.41, 5.74) is 7.49. The number of pyridine rings is 1. The highest BCUT2D eigenvalue weighted by Gasteiger charge is 2.22. The number of aromatic nitrogens is 1. The highest BCUT2D eigenvalue weighted by atomic mass is 35.5. The molecule has 0 bridgehead atoms. The number of carbonyl (C=O) groups is 1. The SMILES string of the molecule is COC(OC)c1ccc2c(N)c(C(=O)c3ccc(Cl)cc3Cl)sc2n1. The smallest absolute Gasteiger partial charge is 0.206 e. The molecule has 0 aliphatic carbocycles. The molecule has 3 rings (SSSR count). The molecule has 0 aliphatic heterocycles. The predicted molar refractivity (Wildman–Crippen MR) is 101 cm³/mol. The third kappa shape index (κ3) is 3.36. The van der Waals surface area contributed by atoms with Crippen molar-refractivity contribution in [3.8, 4) is 0 Å². The molecule has 0 fully saturated rings. The van der Waals surface area contributed by atoms with Gasteiger partial charge in [0.2, 0.25) is 12.1 Å². The van der Waals surface area contributed by atoms with Crippen LogP contribution in [0.2, 0.25) is 10.0 Å². The van der Waals surface area contributed by atoms with Gasteiger partial charge in [-0.25, -0.2) is 4.98 Å². The summed E-state index contributed by atoms with van der Waals surface area (Å²) in [5, 5.41) is 1.44. The van der Waals surface area contributed by atoms with Crippen molar-refractivity contribution in [1.29, 1.82) is 0 Å². The Labute approximate surface area is 158 Å². The number of halogens is 2. The van der Waals surface area contributed by atoms with Gasteiger partial charge in [-0.1, -0.05) is 23.2 Å². The second kappa shape index (κ2) is 7.27. The van der Waals surface area contributed by atoms with Gasteiger partial charge in [-0.2, -0.15) is 0 Å². The van der Waals surface area contributed by atoms with Crippen LogP contribution in [0.1, 0.15) is 27.2 Å². The molecule has 0 aliphatic rings. The number of fused-ring (bicyclic) bond motifs is 1. The molecule has 2 N–H and O–H groups in total. The van der Waals surface area contributed by atoms with Gasteiger partial charge in [0.25, 0.3) is 0 Å². The van der Waals surface area contributed by atoms with Crippen LogP contribution in [-0.4, -0.2) is 25.0 Å². The zero-order valence-corrected chi connectivity index (χ0v) is 15.7. The second-order valence-electron chi connectivity index (χ2n) is 5.19. The van der Waals surface area contributed by atoms with Gasteiger partial charge in [0.05, 0.1) is 16.4 Å². The zero-order valence-electron chi connectivity index (χ0n) is 13.4. The van der Waals surface area contributed by atoms with E-state index < -0.39 is 6.29 Å². The van der Waals surface area contributed by atoms with Crippen molar-refractivity contribution in [2.45, 2.75) is 6.29 Å². The van der Waals surface area contributed by atoms with Gasteiger partial charge in [-0.05, 0) is 30.3 Å². The Balaban J connectivity index is 2.07. The highest BCUT2D eigenvalue weighted by Crippen LogP contribution is 2.36. The minimum atomic E-state index is -0.586. The Hall–Kier alpha value is -1.70. The number of ketones is 1. The van der Waals surface area contributed by atoms with Crippen LogP contribution in [0.25, 0.3) is 10.2 Å². The van der Waals surface area contributed by atoms with E-state index in [-0.39, 0.29) is 10.8 Å². The number of methoxy groups -OCH3 is 2. The van der Waals surface area contributed by atoms with Crippen LogP contribution in [0.5, 0.6) is 0 Å². The molecular formula is C17H14Cl2N2O3S. The number of rotatable bonds is 5. The van der Waals surface area contributed by atoms with Gasteiger partial charge in [0.1, 0.15) is 9.71 Å². The van der Waals surface area contributed by atoms with Crippen molar-refractivity contribution in [2.24, 2.45) is 0 Å². The van der Waals surface area contributed by atoms with E-state index in [0.29, 0.717) is 37.1 Å². The van der Waals surface area contributed by atoms with Gasteiger partial charge >= 0.3 is 0 Å². The second-order valence-corrected chi connectivity index (χ2v) is 7.03. The largest absolute Gasteiger partial charge is 0.397 e. The monoisotopic (exact) mass is 396 g/mol. The van der Waals surface area contributed by atoms with Gasteiger partial charge in [-0.15, -0.1) is 11.3 Å². The maximum absolute atomic E-state index is 12.8. The summed E-state index contributed by atoms with van der Waals surface area (Å²) in [6.07, 6.45) is -0.586. The number of ether oxygens (including phenoxy) is 2. The van der Waals surface area contributed by atoms with Crippen LogP contribution in [-0.2, 0) is 9.47 Å². The topological polar surface area (TPSA) is 74.4 Å². The van der Waals surface area contributed by atoms with Crippen molar-refractivity contribution < 1.29 is 14.3 Å². The molecule has 0 saturated carbocycles. The molecule has 3 aromatic rings. The molecule has 0 atom stereocenters. The van der Waals surface area contributed by atoms with Crippen LogP contribution in [0.15, 0.2) is 30.3 Å². The fourth-order valence-electron chi connectivity index (χ4n) is 2.45. The number of carbonyl (C=O) groups excluding carboxylic acids is 1. The van der Waals surface area contributed by atoms with Crippen molar-refractivity contribution in [2.75, 3.05) is 20.0 Å². The first kappa shape index (κ1) is 18.1. The Morgan fingerprint density at radius 2 is 1.92 bits per heavy atom. The molecule has 130 valence electrons. The molecule has 0 spiro atoms. The molecule has 0 saturated heterocycles. The van der Waals surface area contributed by atoms with E-state index in [2.05, 4.69) is 4.98 Å². The Morgan fingerprint density at radius 1 is 1.20 bits per heavy atom. The number of nitrogens with two attached hydrogens (primary N) is 1. The van der Waals surface area contributed by atoms with Crippen molar-refractivity contribution >= 4 is 56.2 Å². The summed E-state index contributed by atoms with van der Waals surface area (Å²) in [6, 6.07) is 8.28. The predicted octanol–water partition coefficient (Wildman–Crippen LogP) is 4.71. The van der Waals surface area contributed by atoms with Gasteiger partial charge in [-0.3, -0.25) is 4.79 Å². The minimum Gasteiger partial charge on any atom is -0.397 e. The van der Waals surface area contributed by atoms with Crippen molar-refractivity contribution in [1.82, 2.24) is 4.98 Å². The third-order valence-electron chi connectivity index (χ3n) is 3.67. The average molecular weight is 397 g/mol. The summed E-state index contributed by atoms with van der Waals surface area (Å²) in [5.74, 6) is -0.265. The molecule has 2 heterocycles. The molecule has 1 aromatic carbocycles. The van der Waals surface area contributed by atoms with Crippen LogP contribution in [0, 0.1) is 0 Å². The van der Waals surface area contributed by atoms with Gasteiger partial charge in [0.15, 0.2) is 0 Å². The van der Waals surface area contributed by atoms with E-state index >= 15 is 0 Å². The number of hydrogen-bond acceptors (Lipinski definition) is 6. The van der Waals surface area contributed by atoms with Crippen LogP contribution >= 0.6 is 34.5 Å². The van der Waals surface area contributed by atoms with E-state index in [1.807, 2.05) is 0 Å². The first-order chi connectivity index (χ1) is 12.0. The number of nitrogens with zero attached hydrogens (tertiary/aromatic N) is 1. The fraction of sp³-hybridized carbons (Fsp3) is 0.176. The van der Waals surface area contributed by atoms with E-state index in [1.165, 1.54) is 31.6 Å². The molecule has 2 aromatic heterocycles. The molecule has 5 nitrogen and oxygen atoms in total. The highest BCUT2D eigenvalue weighted by molar-refractivity contribution is 7.21. The van der Waals surface area contributed by atoms with Crippen molar-refractivity contribution in [3.05, 3.63) is 56.5 Å². The molecule has 0 radical (unpaired) electrons. The molecular weight excluding hydrogens is 383 g/mol. The quantitative estimate of drug-likeness (QED) is 0.499. The number of nitrogen functional groups attached to an aromatic ring is 1. The zero-order chi connectivity index (χ0) is 18.1. The number of hydrogen-bond donors (Lipinski definition) is 1. The maximum Gasteiger partial charge on any atom is 0.206 e. The molecule has 0 unspecified atom stereocenters. The first-order valence-corrected chi connectivity index (χ1v) is 8.77. The van der Waals surface area contributed by atoms with Gasteiger partial charge < -0.3 is 15.2 Å². The lowest BCUT2D eigenvalue weighted by atomic mass is 10.1. The summed E-state index contributed by atoms with van der Waals surface area (Å²) in [7, 11) is 3.06. The lowest BCUT2D eigenvalue weighted by molar-refractivity contribution is -0.108. The third-order valence-corrected chi connectivity index (χ3v) is 5.33. The number of anilines is 1.